The summed E-state index contributed by atoms with van der Waals surface area (Å²) in [5.41, 5.74) is 0. The van der Waals surface area contributed by atoms with Gasteiger partial charge in [0.15, 0.2) is 0 Å². The predicted molar refractivity (Wildman–Crippen MR) is 74.1 cm³/mol. The average Bonchev–Trinajstić information content (AvgIpc) is 2.58. The number of thiophene rings is 1. The molecule has 90 valence electrons. The molecular formula is C12H19BrN2S. The van der Waals surface area contributed by atoms with Crippen LogP contribution < -0.4 is 5.32 Å². The highest BCUT2D eigenvalue weighted by Gasteiger charge is 2.16. The predicted octanol–water partition coefficient (Wildman–Crippen LogP) is 3.00. The molecule has 0 aliphatic carbocycles. The Hall–Kier alpha value is 0.100. The monoisotopic (exact) mass is 302 g/mol. The minimum atomic E-state index is 0.706. The summed E-state index contributed by atoms with van der Waals surface area (Å²) in [7, 11) is 2.20. The molecule has 0 unspecified atom stereocenters. The van der Waals surface area contributed by atoms with E-state index in [1.165, 1.54) is 40.2 Å². The van der Waals surface area contributed by atoms with Crippen molar-refractivity contribution in [3.8, 4) is 0 Å². The molecular weight excluding hydrogens is 284 g/mol. The normalized spacial score (nSPS) is 19.2. The first-order valence-corrected chi connectivity index (χ1v) is 7.43. The van der Waals surface area contributed by atoms with Gasteiger partial charge in [0.25, 0.3) is 0 Å². The zero-order chi connectivity index (χ0) is 11.5. The third kappa shape index (κ3) is 3.29. The molecule has 1 N–H and O–H groups in total. The lowest BCUT2D eigenvalue weighted by Gasteiger charge is -2.29. The molecule has 0 spiro atoms. The lowest BCUT2D eigenvalue weighted by Crippen LogP contribution is -2.40. The fraction of sp³-hybridized carbons (Fsp3) is 0.667. The summed E-state index contributed by atoms with van der Waals surface area (Å²) >= 11 is 5.45. The molecule has 1 aliphatic heterocycles. The van der Waals surface area contributed by atoms with Crippen LogP contribution in [-0.2, 0) is 6.54 Å². The van der Waals surface area contributed by atoms with Gasteiger partial charge in [-0.25, -0.2) is 0 Å². The Morgan fingerprint density at radius 3 is 2.75 bits per heavy atom. The molecule has 2 heterocycles. The van der Waals surface area contributed by atoms with Gasteiger partial charge in [0.2, 0.25) is 0 Å². The Kier molecular flexibility index (Phi) is 4.41. The number of nitrogens with one attached hydrogen (secondary N) is 1. The number of aryl methyl sites for hydroxylation is 1. The molecule has 0 atom stereocenters. The topological polar surface area (TPSA) is 15.3 Å². The maximum atomic E-state index is 3.66. The second-order valence-electron chi connectivity index (χ2n) is 4.58. The largest absolute Gasteiger partial charge is 0.309 e. The van der Waals surface area contributed by atoms with Crippen LogP contribution in [0.3, 0.4) is 0 Å². The number of rotatable bonds is 3. The summed E-state index contributed by atoms with van der Waals surface area (Å²) in [6, 6.07) is 2.94. The van der Waals surface area contributed by atoms with Crippen molar-refractivity contribution in [2.75, 3.05) is 20.1 Å². The summed E-state index contributed by atoms with van der Waals surface area (Å²) in [6.45, 7) is 5.63. The number of piperidine rings is 1. The highest BCUT2D eigenvalue weighted by atomic mass is 79.9. The van der Waals surface area contributed by atoms with Crippen LogP contribution in [0, 0.1) is 6.92 Å². The van der Waals surface area contributed by atoms with Crippen molar-refractivity contribution in [2.45, 2.75) is 32.4 Å². The first-order chi connectivity index (χ1) is 7.65. The van der Waals surface area contributed by atoms with Crippen LogP contribution in [0.2, 0.25) is 0 Å². The number of nitrogens with zero attached hydrogens (tertiary/aromatic N) is 1. The summed E-state index contributed by atoms with van der Waals surface area (Å²) in [5.74, 6) is 0. The summed E-state index contributed by atoms with van der Waals surface area (Å²) in [4.78, 5) is 5.22. The molecule has 1 aliphatic rings. The van der Waals surface area contributed by atoms with Gasteiger partial charge in [0, 0.05) is 26.8 Å². The van der Waals surface area contributed by atoms with Gasteiger partial charge in [-0.05, 0) is 61.9 Å². The van der Waals surface area contributed by atoms with Crippen molar-refractivity contribution in [1.82, 2.24) is 10.2 Å². The van der Waals surface area contributed by atoms with Crippen LogP contribution in [0.25, 0.3) is 0 Å². The van der Waals surface area contributed by atoms with Crippen LogP contribution in [0.15, 0.2) is 10.5 Å². The Morgan fingerprint density at radius 2 is 2.19 bits per heavy atom. The highest BCUT2D eigenvalue weighted by Crippen LogP contribution is 2.26. The molecule has 0 aromatic carbocycles. The Bertz CT molecular complexity index is 323. The fourth-order valence-corrected chi connectivity index (χ4v) is 3.62. The van der Waals surface area contributed by atoms with Crippen molar-refractivity contribution in [3.63, 3.8) is 0 Å². The van der Waals surface area contributed by atoms with Crippen LogP contribution in [-0.4, -0.2) is 31.1 Å². The second kappa shape index (κ2) is 5.63. The van der Waals surface area contributed by atoms with E-state index < -0.39 is 0 Å². The number of hydrogen-bond acceptors (Lipinski definition) is 3. The SMILES string of the molecule is Cc1sc(CNC2CCN(C)CC2)cc1Br. The van der Waals surface area contributed by atoms with E-state index in [0.717, 1.165) is 6.54 Å². The molecule has 1 fully saturated rings. The summed E-state index contributed by atoms with van der Waals surface area (Å²) in [5, 5.41) is 3.66. The van der Waals surface area contributed by atoms with E-state index >= 15 is 0 Å². The molecule has 0 saturated carbocycles. The van der Waals surface area contributed by atoms with Gasteiger partial charge < -0.3 is 10.2 Å². The third-order valence-corrected chi connectivity index (χ3v) is 5.33. The van der Waals surface area contributed by atoms with E-state index in [1.807, 2.05) is 11.3 Å². The zero-order valence-corrected chi connectivity index (χ0v) is 12.3. The minimum Gasteiger partial charge on any atom is -0.309 e. The van der Waals surface area contributed by atoms with E-state index in [1.54, 1.807) is 0 Å². The van der Waals surface area contributed by atoms with Crippen LogP contribution in [0.1, 0.15) is 22.6 Å². The zero-order valence-electron chi connectivity index (χ0n) is 9.92. The molecule has 0 bridgehead atoms. The quantitative estimate of drug-likeness (QED) is 0.923. The van der Waals surface area contributed by atoms with Gasteiger partial charge in [-0.2, -0.15) is 0 Å². The number of hydrogen-bond donors (Lipinski definition) is 1. The van der Waals surface area contributed by atoms with E-state index in [-0.39, 0.29) is 0 Å². The second-order valence-corrected chi connectivity index (χ2v) is 6.77. The Balaban J connectivity index is 1.79. The van der Waals surface area contributed by atoms with Crippen LogP contribution >= 0.6 is 27.3 Å². The molecule has 2 nitrogen and oxygen atoms in total. The number of likely N-dealkylation sites (tertiary alicyclic amines) is 1. The van der Waals surface area contributed by atoms with E-state index in [9.17, 15) is 0 Å². The molecule has 0 radical (unpaired) electrons. The molecule has 2 rings (SSSR count). The minimum absolute atomic E-state index is 0.706. The van der Waals surface area contributed by atoms with Gasteiger partial charge in [-0.3, -0.25) is 0 Å². The molecule has 0 amide bonds. The van der Waals surface area contributed by atoms with Gasteiger partial charge in [0.1, 0.15) is 0 Å². The van der Waals surface area contributed by atoms with Crippen molar-refractivity contribution in [3.05, 3.63) is 20.3 Å². The fourth-order valence-electron chi connectivity index (χ4n) is 2.06. The molecule has 1 aromatic rings. The van der Waals surface area contributed by atoms with Crippen LogP contribution in [0.5, 0.6) is 0 Å². The van der Waals surface area contributed by atoms with Crippen LogP contribution in [0.4, 0.5) is 0 Å². The lowest BCUT2D eigenvalue weighted by molar-refractivity contribution is 0.234. The Labute approximate surface area is 110 Å². The summed E-state index contributed by atoms with van der Waals surface area (Å²) < 4.78 is 1.25. The maximum Gasteiger partial charge on any atom is 0.0314 e. The van der Waals surface area contributed by atoms with Crippen molar-refractivity contribution >= 4 is 27.3 Å². The lowest BCUT2D eigenvalue weighted by atomic mass is 10.1. The first-order valence-electron chi connectivity index (χ1n) is 5.82. The molecule has 1 aromatic heterocycles. The molecule has 4 heteroatoms. The van der Waals surface area contributed by atoms with Gasteiger partial charge >= 0.3 is 0 Å². The smallest absolute Gasteiger partial charge is 0.0314 e. The molecule has 1 saturated heterocycles. The summed E-state index contributed by atoms with van der Waals surface area (Å²) in [6.07, 6.45) is 2.56. The molecule has 16 heavy (non-hydrogen) atoms. The van der Waals surface area contributed by atoms with Gasteiger partial charge in [-0.1, -0.05) is 0 Å². The van der Waals surface area contributed by atoms with E-state index in [4.69, 9.17) is 0 Å². The van der Waals surface area contributed by atoms with Crippen molar-refractivity contribution < 1.29 is 0 Å². The standard InChI is InChI=1S/C12H19BrN2S/c1-9-12(13)7-11(16-9)8-14-10-3-5-15(2)6-4-10/h7,10,14H,3-6,8H2,1-2H3. The third-order valence-electron chi connectivity index (χ3n) is 3.19. The van der Waals surface area contributed by atoms with Crippen molar-refractivity contribution in [1.29, 1.82) is 0 Å². The highest BCUT2D eigenvalue weighted by molar-refractivity contribution is 9.10. The van der Waals surface area contributed by atoms with Gasteiger partial charge in [0.05, 0.1) is 0 Å². The maximum absolute atomic E-state index is 3.66. The first kappa shape index (κ1) is 12.6. The van der Waals surface area contributed by atoms with Crippen molar-refractivity contribution in [2.24, 2.45) is 0 Å². The Morgan fingerprint density at radius 1 is 1.50 bits per heavy atom. The average molecular weight is 303 g/mol. The number of halogens is 1. The van der Waals surface area contributed by atoms with Gasteiger partial charge in [-0.15, -0.1) is 11.3 Å². The van der Waals surface area contributed by atoms with E-state index in [0.29, 0.717) is 6.04 Å². The van der Waals surface area contributed by atoms with E-state index in [2.05, 4.69) is 46.2 Å².